The zero-order chi connectivity index (χ0) is 15.7. The maximum atomic E-state index is 9.15. The Labute approximate surface area is 133 Å². The van der Waals surface area contributed by atoms with Crippen molar-refractivity contribution in [1.82, 2.24) is 14.6 Å². The lowest BCUT2D eigenvalue weighted by Crippen LogP contribution is -2.24. The Morgan fingerprint density at radius 2 is 2.09 bits per heavy atom. The molecule has 114 valence electrons. The van der Waals surface area contributed by atoms with Gasteiger partial charge in [0, 0.05) is 42.0 Å². The molecular weight excluding hydrogens is 300 g/mol. The van der Waals surface area contributed by atoms with Gasteiger partial charge in [0.05, 0.1) is 12.3 Å². The molecule has 0 spiro atoms. The molecule has 0 radical (unpaired) electrons. The standard InChI is InChI=1S/C16H17ClN4O/c1-11-8-16(20(2)6-7-22)21-15(18-11)10-14(19-21)12-4-3-5-13(17)9-12/h3-5,8-10,22H,6-7H2,1-2H3. The Balaban J connectivity index is 2.15. The van der Waals surface area contributed by atoms with E-state index in [1.54, 1.807) is 4.52 Å². The first-order valence-corrected chi connectivity index (χ1v) is 7.41. The van der Waals surface area contributed by atoms with Crippen LogP contribution in [-0.4, -0.2) is 39.9 Å². The minimum Gasteiger partial charge on any atom is -0.395 e. The number of aliphatic hydroxyl groups excluding tert-OH is 1. The van der Waals surface area contributed by atoms with Crippen LogP contribution in [0.1, 0.15) is 5.69 Å². The van der Waals surface area contributed by atoms with Crippen molar-refractivity contribution >= 4 is 23.1 Å². The van der Waals surface area contributed by atoms with E-state index >= 15 is 0 Å². The van der Waals surface area contributed by atoms with Crippen molar-refractivity contribution < 1.29 is 5.11 Å². The summed E-state index contributed by atoms with van der Waals surface area (Å²) in [4.78, 5) is 6.48. The van der Waals surface area contributed by atoms with E-state index in [4.69, 9.17) is 16.7 Å². The van der Waals surface area contributed by atoms with Crippen molar-refractivity contribution in [2.24, 2.45) is 0 Å². The van der Waals surface area contributed by atoms with E-state index in [1.807, 2.05) is 55.3 Å². The number of aliphatic hydroxyl groups is 1. The van der Waals surface area contributed by atoms with Crippen LogP contribution in [0.4, 0.5) is 5.82 Å². The fourth-order valence-electron chi connectivity index (χ4n) is 2.41. The van der Waals surface area contributed by atoms with Crippen LogP contribution >= 0.6 is 11.6 Å². The van der Waals surface area contributed by atoms with Gasteiger partial charge in [0.2, 0.25) is 0 Å². The Bertz CT molecular complexity index is 815. The Morgan fingerprint density at radius 1 is 1.27 bits per heavy atom. The fourth-order valence-corrected chi connectivity index (χ4v) is 2.60. The van der Waals surface area contributed by atoms with Crippen LogP contribution in [0, 0.1) is 6.92 Å². The lowest BCUT2D eigenvalue weighted by atomic mass is 10.1. The number of hydrogen-bond donors (Lipinski definition) is 1. The number of aromatic nitrogens is 3. The number of likely N-dealkylation sites (N-methyl/N-ethyl adjacent to an activating group) is 1. The number of hydrogen-bond acceptors (Lipinski definition) is 4. The number of benzene rings is 1. The normalized spacial score (nSPS) is 11.1. The number of anilines is 1. The molecule has 22 heavy (non-hydrogen) atoms. The third kappa shape index (κ3) is 2.77. The van der Waals surface area contributed by atoms with Gasteiger partial charge in [-0.3, -0.25) is 0 Å². The highest BCUT2D eigenvalue weighted by atomic mass is 35.5. The second-order valence-electron chi connectivity index (χ2n) is 5.21. The summed E-state index contributed by atoms with van der Waals surface area (Å²) < 4.78 is 1.79. The smallest absolute Gasteiger partial charge is 0.158 e. The summed E-state index contributed by atoms with van der Waals surface area (Å²) in [6.07, 6.45) is 0. The quantitative estimate of drug-likeness (QED) is 0.804. The van der Waals surface area contributed by atoms with Gasteiger partial charge < -0.3 is 10.0 Å². The van der Waals surface area contributed by atoms with Crippen LogP contribution in [0.2, 0.25) is 5.02 Å². The van der Waals surface area contributed by atoms with Gasteiger partial charge in [-0.1, -0.05) is 23.7 Å². The monoisotopic (exact) mass is 316 g/mol. The molecule has 0 unspecified atom stereocenters. The second kappa shape index (κ2) is 5.94. The highest BCUT2D eigenvalue weighted by molar-refractivity contribution is 6.30. The maximum absolute atomic E-state index is 9.15. The molecule has 2 heterocycles. The van der Waals surface area contributed by atoms with Gasteiger partial charge in [-0.05, 0) is 19.1 Å². The van der Waals surface area contributed by atoms with Gasteiger partial charge >= 0.3 is 0 Å². The van der Waals surface area contributed by atoms with Crippen LogP contribution in [0.25, 0.3) is 16.9 Å². The molecule has 0 aliphatic heterocycles. The summed E-state index contributed by atoms with van der Waals surface area (Å²) in [5.41, 5.74) is 3.45. The van der Waals surface area contributed by atoms with Crippen molar-refractivity contribution in [1.29, 1.82) is 0 Å². The van der Waals surface area contributed by atoms with Crippen molar-refractivity contribution in [3.05, 3.63) is 47.1 Å². The van der Waals surface area contributed by atoms with Gasteiger partial charge in [0.15, 0.2) is 5.65 Å². The van der Waals surface area contributed by atoms with Gasteiger partial charge in [0.25, 0.3) is 0 Å². The first-order chi connectivity index (χ1) is 10.6. The summed E-state index contributed by atoms with van der Waals surface area (Å²) in [6, 6.07) is 11.5. The molecule has 0 saturated heterocycles. The molecule has 1 aromatic carbocycles. The zero-order valence-electron chi connectivity index (χ0n) is 12.5. The first kappa shape index (κ1) is 14.8. The van der Waals surface area contributed by atoms with E-state index in [1.165, 1.54) is 0 Å². The molecule has 0 amide bonds. The third-order valence-electron chi connectivity index (χ3n) is 3.48. The predicted octanol–water partition coefficient (Wildman–Crippen LogP) is 2.79. The largest absolute Gasteiger partial charge is 0.395 e. The van der Waals surface area contributed by atoms with E-state index in [9.17, 15) is 0 Å². The van der Waals surface area contributed by atoms with Crippen molar-refractivity contribution in [2.45, 2.75) is 6.92 Å². The van der Waals surface area contributed by atoms with Gasteiger partial charge in [-0.25, -0.2) is 4.98 Å². The van der Waals surface area contributed by atoms with Crippen LogP contribution < -0.4 is 4.90 Å². The molecule has 0 fully saturated rings. The number of aryl methyl sites for hydroxylation is 1. The molecule has 1 N–H and O–H groups in total. The molecule has 5 nitrogen and oxygen atoms in total. The minimum absolute atomic E-state index is 0.0851. The summed E-state index contributed by atoms with van der Waals surface area (Å²) in [6.45, 7) is 2.56. The maximum Gasteiger partial charge on any atom is 0.158 e. The van der Waals surface area contributed by atoms with Gasteiger partial charge in [0.1, 0.15) is 5.82 Å². The van der Waals surface area contributed by atoms with Gasteiger partial charge in [-0.15, -0.1) is 0 Å². The summed E-state index contributed by atoms with van der Waals surface area (Å²) >= 11 is 6.06. The molecule has 0 atom stereocenters. The SMILES string of the molecule is Cc1cc(N(C)CCO)n2nc(-c3cccc(Cl)c3)cc2n1. The Morgan fingerprint density at radius 3 is 2.82 bits per heavy atom. The van der Waals surface area contributed by atoms with E-state index in [0.717, 1.165) is 28.4 Å². The average Bonchev–Trinajstić information content (AvgIpc) is 2.90. The number of fused-ring (bicyclic) bond motifs is 1. The molecule has 3 aromatic rings. The number of nitrogens with zero attached hydrogens (tertiary/aromatic N) is 4. The number of rotatable bonds is 4. The summed E-state index contributed by atoms with van der Waals surface area (Å²) in [5.74, 6) is 0.893. The first-order valence-electron chi connectivity index (χ1n) is 7.04. The second-order valence-corrected chi connectivity index (χ2v) is 5.65. The molecule has 3 rings (SSSR count). The topological polar surface area (TPSA) is 53.7 Å². The van der Waals surface area contributed by atoms with Crippen LogP contribution in [-0.2, 0) is 0 Å². The summed E-state index contributed by atoms with van der Waals surface area (Å²) in [7, 11) is 1.92. The fraction of sp³-hybridized carbons (Fsp3) is 0.250. The van der Waals surface area contributed by atoms with Crippen molar-refractivity contribution in [2.75, 3.05) is 25.1 Å². The molecule has 0 bridgehead atoms. The van der Waals surface area contributed by atoms with E-state index in [2.05, 4.69) is 10.1 Å². The van der Waals surface area contributed by atoms with Crippen LogP contribution in [0.5, 0.6) is 0 Å². The molecule has 6 heteroatoms. The van der Waals surface area contributed by atoms with Crippen molar-refractivity contribution in [3.8, 4) is 11.3 Å². The predicted molar refractivity (Wildman–Crippen MR) is 88.5 cm³/mol. The third-order valence-corrected chi connectivity index (χ3v) is 3.72. The van der Waals surface area contributed by atoms with Gasteiger partial charge in [-0.2, -0.15) is 9.61 Å². The average molecular weight is 317 g/mol. The van der Waals surface area contributed by atoms with E-state index in [-0.39, 0.29) is 6.61 Å². The lowest BCUT2D eigenvalue weighted by molar-refractivity contribution is 0.303. The summed E-state index contributed by atoms with van der Waals surface area (Å²) in [5, 5.41) is 14.5. The molecule has 0 aliphatic rings. The van der Waals surface area contributed by atoms with Crippen LogP contribution in [0.15, 0.2) is 36.4 Å². The highest BCUT2D eigenvalue weighted by Gasteiger charge is 2.12. The highest BCUT2D eigenvalue weighted by Crippen LogP contribution is 2.25. The van der Waals surface area contributed by atoms with Crippen molar-refractivity contribution in [3.63, 3.8) is 0 Å². The van der Waals surface area contributed by atoms with E-state index < -0.39 is 0 Å². The molecule has 0 saturated carbocycles. The molecule has 2 aromatic heterocycles. The molecule has 0 aliphatic carbocycles. The minimum atomic E-state index is 0.0851. The number of halogens is 1. The Hall–Kier alpha value is -2.11. The Kier molecular flexibility index (Phi) is 4.00. The molecular formula is C16H17ClN4O. The van der Waals surface area contributed by atoms with Crippen LogP contribution in [0.3, 0.4) is 0 Å². The van der Waals surface area contributed by atoms with E-state index in [0.29, 0.717) is 11.6 Å². The zero-order valence-corrected chi connectivity index (χ0v) is 13.2. The lowest BCUT2D eigenvalue weighted by Gasteiger charge is -2.18.